The lowest BCUT2D eigenvalue weighted by Gasteiger charge is -2.11. The highest BCUT2D eigenvalue weighted by Gasteiger charge is 2.11. The van der Waals surface area contributed by atoms with Crippen LogP contribution in [0.25, 0.3) is 0 Å². The van der Waals surface area contributed by atoms with Gasteiger partial charge in [0.25, 0.3) is 10.2 Å². The molecule has 0 bridgehead atoms. The van der Waals surface area contributed by atoms with Crippen molar-refractivity contribution in [1.29, 1.82) is 0 Å². The van der Waals surface area contributed by atoms with Gasteiger partial charge in [-0.15, -0.1) is 0 Å². The van der Waals surface area contributed by atoms with Gasteiger partial charge in [-0.05, 0) is 12.1 Å². The number of nitrogens with zero attached hydrogens (tertiary/aromatic N) is 1. The minimum absolute atomic E-state index is 0.270. The van der Waals surface area contributed by atoms with Crippen LogP contribution in [0.5, 0.6) is 0 Å². The molecule has 1 aromatic rings. The highest BCUT2D eigenvalue weighted by molar-refractivity contribution is 7.86. The van der Waals surface area contributed by atoms with Crippen LogP contribution in [0.4, 0.5) is 0 Å². The Morgan fingerprint density at radius 1 is 1.67 bits per heavy atom. The summed E-state index contributed by atoms with van der Waals surface area (Å²) >= 11 is 0. The molecule has 0 saturated carbocycles. The van der Waals surface area contributed by atoms with Gasteiger partial charge in [0.05, 0.1) is 6.54 Å². The number of rotatable bonds is 3. The Balaban J connectivity index is 2.66. The Kier molecular flexibility index (Phi) is 2.51. The molecular weight excluding hydrogens is 178 g/mol. The standard InChI is InChI=1S/C6H11N3O2S/c1-9(12(7,10)11)5-6-3-2-4-8-6/h2-4,8H,5H2,1H3,(H2,7,10,11). The van der Waals surface area contributed by atoms with E-state index >= 15 is 0 Å². The maximum absolute atomic E-state index is 10.7. The number of aromatic nitrogens is 1. The van der Waals surface area contributed by atoms with Crippen molar-refractivity contribution >= 4 is 10.2 Å². The third-order valence-corrected chi connectivity index (χ3v) is 2.49. The molecule has 0 spiro atoms. The number of H-pyrrole nitrogens is 1. The van der Waals surface area contributed by atoms with Crippen molar-refractivity contribution in [1.82, 2.24) is 9.29 Å². The van der Waals surface area contributed by atoms with Crippen molar-refractivity contribution in [2.24, 2.45) is 5.14 Å². The first-order valence-electron chi connectivity index (χ1n) is 3.36. The Labute approximate surface area is 71.4 Å². The first-order valence-corrected chi connectivity index (χ1v) is 4.87. The van der Waals surface area contributed by atoms with Gasteiger partial charge in [-0.25, -0.2) is 5.14 Å². The minimum atomic E-state index is -3.57. The zero-order valence-corrected chi connectivity index (χ0v) is 7.50. The molecule has 0 atom stereocenters. The molecule has 0 amide bonds. The maximum atomic E-state index is 10.7. The van der Waals surface area contributed by atoms with Crippen molar-refractivity contribution in [2.75, 3.05) is 7.05 Å². The summed E-state index contributed by atoms with van der Waals surface area (Å²) in [7, 11) is -2.14. The zero-order valence-electron chi connectivity index (χ0n) is 6.69. The smallest absolute Gasteiger partial charge is 0.277 e. The van der Waals surface area contributed by atoms with Gasteiger partial charge in [0, 0.05) is 18.9 Å². The fraction of sp³-hybridized carbons (Fsp3) is 0.333. The van der Waals surface area contributed by atoms with E-state index in [0.29, 0.717) is 0 Å². The van der Waals surface area contributed by atoms with Gasteiger partial charge in [0.2, 0.25) is 0 Å². The van der Waals surface area contributed by atoms with Crippen LogP contribution in [-0.4, -0.2) is 24.8 Å². The molecule has 0 saturated heterocycles. The van der Waals surface area contributed by atoms with E-state index in [2.05, 4.69) is 4.98 Å². The lowest BCUT2D eigenvalue weighted by atomic mass is 10.4. The monoisotopic (exact) mass is 189 g/mol. The fourth-order valence-electron chi connectivity index (χ4n) is 0.796. The van der Waals surface area contributed by atoms with E-state index < -0.39 is 10.2 Å². The molecule has 3 N–H and O–H groups in total. The van der Waals surface area contributed by atoms with Gasteiger partial charge in [-0.3, -0.25) is 0 Å². The molecule has 68 valence electrons. The third-order valence-electron chi connectivity index (χ3n) is 1.49. The van der Waals surface area contributed by atoms with Gasteiger partial charge in [-0.2, -0.15) is 12.7 Å². The van der Waals surface area contributed by atoms with Gasteiger partial charge in [-0.1, -0.05) is 0 Å². The molecule has 1 heterocycles. The number of nitrogens with one attached hydrogen (secondary N) is 1. The quantitative estimate of drug-likeness (QED) is 0.681. The Hall–Kier alpha value is -0.850. The van der Waals surface area contributed by atoms with Crippen LogP contribution in [0, 0.1) is 0 Å². The van der Waals surface area contributed by atoms with Crippen LogP contribution in [0.1, 0.15) is 5.69 Å². The van der Waals surface area contributed by atoms with E-state index in [1.54, 1.807) is 18.3 Å². The summed E-state index contributed by atoms with van der Waals surface area (Å²) in [6.45, 7) is 0.270. The van der Waals surface area contributed by atoms with E-state index in [1.807, 2.05) is 0 Å². The van der Waals surface area contributed by atoms with Crippen LogP contribution in [0.3, 0.4) is 0 Å². The number of hydrogen-bond donors (Lipinski definition) is 2. The van der Waals surface area contributed by atoms with Crippen molar-refractivity contribution < 1.29 is 8.42 Å². The van der Waals surface area contributed by atoms with Gasteiger partial charge in [0.15, 0.2) is 0 Å². The minimum Gasteiger partial charge on any atom is -0.364 e. The van der Waals surface area contributed by atoms with Gasteiger partial charge < -0.3 is 4.98 Å². The summed E-state index contributed by atoms with van der Waals surface area (Å²) in [5.74, 6) is 0. The van der Waals surface area contributed by atoms with Crippen LogP contribution in [0.15, 0.2) is 18.3 Å². The summed E-state index contributed by atoms with van der Waals surface area (Å²) in [6, 6.07) is 3.59. The highest BCUT2D eigenvalue weighted by Crippen LogP contribution is 2.00. The molecule has 12 heavy (non-hydrogen) atoms. The van der Waals surface area contributed by atoms with Crippen molar-refractivity contribution in [3.8, 4) is 0 Å². The van der Waals surface area contributed by atoms with E-state index in [0.717, 1.165) is 10.00 Å². The van der Waals surface area contributed by atoms with E-state index in [1.165, 1.54) is 7.05 Å². The zero-order chi connectivity index (χ0) is 9.19. The molecule has 1 aromatic heterocycles. The lowest BCUT2D eigenvalue weighted by molar-refractivity contribution is 0.464. The van der Waals surface area contributed by atoms with Crippen molar-refractivity contribution in [3.63, 3.8) is 0 Å². The summed E-state index contributed by atoms with van der Waals surface area (Å²) < 4.78 is 22.6. The third kappa shape index (κ3) is 2.33. The van der Waals surface area contributed by atoms with Crippen LogP contribution in [-0.2, 0) is 16.8 Å². The summed E-state index contributed by atoms with van der Waals surface area (Å²) in [5.41, 5.74) is 0.812. The molecule has 0 aliphatic heterocycles. The van der Waals surface area contributed by atoms with Gasteiger partial charge >= 0.3 is 0 Å². The summed E-state index contributed by atoms with van der Waals surface area (Å²) in [6.07, 6.45) is 1.73. The number of hydrogen-bond acceptors (Lipinski definition) is 2. The lowest BCUT2D eigenvalue weighted by Crippen LogP contribution is -2.32. The second-order valence-electron chi connectivity index (χ2n) is 2.50. The molecule has 5 nitrogen and oxygen atoms in total. The Bertz CT molecular complexity index is 330. The molecule has 0 fully saturated rings. The number of nitrogens with two attached hydrogens (primary N) is 1. The normalized spacial score (nSPS) is 12.2. The van der Waals surface area contributed by atoms with E-state index in [9.17, 15) is 8.42 Å². The SMILES string of the molecule is CN(Cc1ccc[nH]1)S(N)(=O)=O. The van der Waals surface area contributed by atoms with E-state index in [4.69, 9.17) is 5.14 Å². The van der Waals surface area contributed by atoms with Crippen molar-refractivity contribution in [2.45, 2.75) is 6.54 Å². The molecule has 0 radical (unpaired) electrons. The molecule has 0 aliphatic carbocycles. The predicted molar refractivity (Wildman–Crippen MR) is 45.4 cm³/mol. The van der Waals surface area contributed by atoms with Crippen LogP contribution in [0.2, 0.25) is 0 Å². The molecule has 6 heteroatoms. The second kappa shape index (κ2) is 3.26. The summed E-state index contributed by atoms with van der Waals surface area (Å²) in [4.78, 5) is 2.88. The molecule has 0 aliphatic rings. The molecular formula is C6H11N3O2S. The maximum Gasteiger partial charge on any atom is 0.277 e. The second-order valence-corrected chi connectivity index (χ2v) is 4.15. The van der Waals surface area contributed by atoms with Gasteiger partial charge in [0.1, 0.15) is 0 Å². The Morgan fingerprint density at radius 2 is 2.33 bits per heavy atom. The first kappa shape index (κ1) is 9.24. The molecule has 1 rings (SSSR count). The van der Waals surface area contributed by atoms with Crippen molar-refractivity contribution in [3.05, 3.63) is 24.0 Å². The van der Waals surface area contributed by atoms with E-state index in [-0.39, 0.29) is 6.54 Å². The summed E-state index contributed by atoms with van der Waals surface area (Å²) in [5, 5.41) is 4.88. The largest absolute Gasteiger partial charge is 0.364 e. The highest BCUT2D eigenvalue weighted by atomic mass is 32.2. The fourth-order valence-corrected chi connectivity index (χ4v) is 1.11. The molecule has 0 unspecified atom stereocenters. The Morgan fingerprint density at radius 3 is 2.75 bits per heavy atom. The first-order chi connectivity index (χ1) is 5.50. The number of aromatic amines is 1. The predicted octanol–water partition coefficient (Wildman–Crippen LogP) is -0.350. The molecule has 0 aromatic carbocycles. The van der Waals surface area contributed by atoms with Crippen LogP contribution >= 0.6 is 0 Å². The average molecular weight is 189 g/mol. The average Bonchev–Trinajstić information content (AvgIpc) is 2.37. The van der Waals surface area contributed by atoms with Crippen LogP contribution < -0.4 is 5.14 Å². The topological polar surface area (TPSA) is 79.2 Å².